The first kappa shape index (κ1) is 19.4. The first-order chi connectivity index (χ1) is 11.8. The van der Waals surface area contributed by atoms with Crippen molar-refractivity contribution in [3.05, 3.63) is 34.8 Å². The van der Waals surface area contributed by atoms with Gasteiger partial charge in [0.25, 0.3) is 0 Å². The Kier molecular flexibility index (Phi) is 6.56. The van der Waals surface area contributed by atoms with Crippen molar-refractivity contribution < 1.29 is 9.53 Å². The summed E-state index contributed by atoms with van der Waals surface area (Å²) < 4.78 is 5.19. The lowest BCUT2D eigenvalue weighted by molar-refractivity contribution is -0.123. The van der Waals surface area contributed by atoms with Gasteiger partial charge in [0.15, 0.2) is 0 Å². The number of benzene rings is 1. The molecule has 1 aromatic heterocycles. The fourth-order valence-corrected chi connectivity index (χ4v) is 3.74. The van der Waals surface area contributed by atoms with Crippen LogP contribution in [0.5, 0.6) is 5.75 Å². The number of nitrogens with one attached hydrogen (secondary N) is 1. The highest BCUT2D eigenvalue weighted by Crippen LogP contribution is 2.32. The topological polar surface area (TPSA) is 77.2 Å². The Morgan fingerprint density at radius 1 is 1.28 bits per heavy atom. The van der Waals surface area contributed by atoms with Crippen molar-refractivity contribution in [2.45, 2.75) is 46.2 Å². The smallest absolute Gasteiger partial charge is 0.237 e. The maximum atomic E-state index is 12.3. The Balaban J connectivity index is 2.11. The highest BCUT2D eigenvalue weighted by molar-refractivity contribution is 7.15. The number of ether oxygens (including phenoxy) is 1. The third kappa shape index (κ3) is 5.03. The zero-order chi connectivity index (χ0) is 18.6. The van der Waals surface area contributed by atoms with E-state index in [2.05, 4.69) is 24.1 Å². The lowest BCUT2D eigenvalue weighted by Crippen LogP contribution is -2.42. The Morgan fingerprint density at radius 2 is 1.92 bits per heavy atom. The monoisotopic (exact) mass is 361 g/mol. The SMILES string of the molecule is COc1ccc(-c2nc(C)c(C(C)NC(=O)[C@@H](N)CC(C)C)s2)cc1. The van der Waals surface area contributed by atoms with E-state index in [1.54, 1.807) is 18.4 Å². The number of nitrogens with zero attached hydrogens (tertiary/aromatic N) is 1. The zero-order valence-corrected chi connectivity index (χ0v) is 16.3. The average molecular weight is 362 g/mol. The van der Waals surface area contributed by atoms with Gasteiger partial charge in [0.1, 0.15) is 10.8 Å². The molecule has 3 N–H and O–H groups in total. The zero-order valence-electron chi connectivity index (χ0n) is 15.5. The van der Waals surface area contributed by atoms with Crippen molar-refractivity contribution >= 4 is 17.2 Å². The second kappa shape index (κ2) is 8.45. The fraction of sp³-hybridized carbons (Fsp3) is 0.474. The number of hydrogen-bond acceptors (Lipinski definition) is 5. The molecular formula is C19H27N3O2S. The minimum absolute atomic E-state index is 0.111. The standard InChI is InChI=1S/C19H27N3O2S/c1-11(2)10-16(20)18(23)21-12(3)17-13(4)22-19(25-17)14-6-8-15(24-5)9-7-14/h6-9,11-12,16H,10,20H2,1-5H3,(H,21,23)/t12?,16-/m0/s1. The van der Waals surface area contributed by atoms with Gasteiger partial charge in [-0.1, -0.05) is 13.8 Å². The minimum Gasteiger partial charge on any atom is -0.497 e. The molecule has 2 rings (SSSR count). The van der Waals surface area contributed by atoms with Gasteiger partial charge in [-0.2, -0.15) is 0 Å². The number of aryl methyl sites for hydroxylation is 1. The lowest BCUT2D eigenvalue weighted by Gasteiger charge is -2.18. The summed E-state index contributed by atoms with van der Waals surface area (Å²) in [5, 5.41) is 3.94. The molecule has 2 atom stereocenters. The number of hydrogen-bond donors (Lipinski definition) is 2. The van der Waals surface area contributed by atoms with E-state index in [-0.39, 0.29) is 11.9 Å². The molecule has 25 heavy (non-hydrogen) atoms. The predicted octanol–water partition coefficient (Wildman–Crippen LogP) is 3.68. The van der Waals surface area contributed by atoms with Crippen LogP contribution in [0.4, 0.5) is 0 Å². The van der Waals surface area contributed by atoms with Gasteiger partial charge in [0, 0.05) is 5.56 Å². The molecule has 5 nitrogen and oxygen atoms in total. The lowest BCUT2D eigenvalue weighted by atomic mass is 10.0. The number of rotatable bonds is 7. The summed E-state index contributed by atoms with van der Waals surface area (Å²) >= 11 is 1.59. The van der Waals surface area contributed by atoms with Crippen molar-refractivity contribution in [1.29, 1.82) is 0 Å². The summed E-state index contributed by atoms with van der Waals surface area (Å²) in [6.07, 6.45) is 0.678. The van der Waals surface area contributed by atoms with Gasteiger partial charge in [-0.25, -0.2) is 4.98 Å². The maximum absolute atomic E-state index is 12.3. The van der Waals surface area contributed by atoms with Gasteiger partial charge >= 0.3 is 0 Å². The first-order valence-corrected chi connectivity index (χ1v) is 9.31. The maximum Gasteiger partial charge on any atom is 0.237 e. The molecule has 0 radical (unpaired) electrons. The van der Waals surface area contributed by atoms with Gasteiger partial charge in [-0.15, -0.1) is 11.3 Å². The fourth-order valence-electron chi connectivity index (χ4n) is 2.67. The molecule has 1 heterocycles. The van der Waals surface area contributed by atoms with E-state index in [1.165, 1.54) is 0 Å². The Bertz CT molecular complexity index is 710. The van der Waals surface area contributed by atoms with Gasteiger partial charge in [-0.05, 0) is 50.5 Å². The van der Waals surface area contributed by atoms with Gasteiger partial charge < -0.3 is 15.8 Å². The first-order valence-electron chi connectivity index (χ1n) is 8.49. The van der Waals surface area contributed by atoms with Crippen molar-refractivity contribution in [2.75, 3.05) is 7.11 Å². The summed E-state index contributed by atoms with van der Waals surface area (Å²) in [5.74, 6) is 1.10. The Labute approximate surface area is 153 Å². The average Bonchev–Trinajstić information content (AvgIpc) is 2.96. The largest absolute Gasteiger partial charge is 0.497 e. The highest BCUT2D eigenvalue weighted by atomic mass is 32.1. The quantitative estimate of drug-likeness (QED) is 0.789. The number of amides is 1. The number of carbonyl (C=O) groups excluding carboxylic acids is 1. The van der Waals surface area contributed by atoms with Crippen LogP contribution in [0.2, 0.25) is 0 Å². The molecular weight excluding hydrogens is 334 g/mol. The molecule has 0 fully saturated rings. The van der Waals surface area contributed by atoms with Crippen LogP contribution in [0.15, 0.2) is 24.3 Å². The van der Waals surface area contributed by atoms with Crippen LogP contribution in [0.1, 0.15) is 43.8 Å². The number of thiazole rings is 1. The van der Waals surface area contributed by atoms with Gasteiger partial charge in [-0.3, -0.25) is 4.79 Å². The van der Waals surface area contributed by atoms with Crippen LogP contribution >= 0.6 is 11.3 Å². The molecule has 0 saturated carbocycles. The molecule has 0 aliphatic carbocycles. The third-order valence-electron chi connectivity index (χ3n) is 3.98. The van der Waals surface area contributed by atoms with Crippen LogP contribution in [0.25, 0.3) is 10.6 Å². The summed E-state index contributed by atoms with van der Waals surface area (Å²) in [6, 6.07) is 7.22. The molecule has 136 valence electrons. The second-order valence-electron chi connectivity index (χ2n) is 6.66. The van der Waals surface area contributed by atoms with Crippen molar-refractivity contribution in [2.24, 2.45) is 11.7 Å². The summed E-state index contributed by atoms with van der Waals surface area (Å²) in [6.45, 7) is 8.06. The molecule has 0 aliphatic heterocycles. The Morgan fingerprint density at radius 3 is 2.48 bits per heavy atom. The van der Waals surface area contributed by atoms with E-state index in [4.69, 9.17) is 10.5 Å². The molecule has 0 aliphatic rings. The number of carbonyl (C=O) groups is 1. The molecule has 0 spiro atoms. The van der Waals surface area contributed by atoms with E-state index >= 15 is 0 Å². The second-order valence-corrected chi connectivity index (χ2v) is 7.69. The van der Waals surface area contributed by atoms with Crippen LogP contribution < -0.4 is 15.8 Å². The van der Waals surface area contributed by atoms with Crippen molar-refractivity contribution in [3.63, 3.8) is 0 Å². The predicted molar refractivity (Wildman–Crippen MR) is 103 cm³/mol. The van der Waals surface area contributed by atoms with Gasteiger partial charge in [0.2, 0.25) is 5.91 Å². The van der Waals surface area contributed by atoms with Crippen molar-refractivity contribution in [3.8, 4) is 16.3 Å². The molecule has 2 aromatic rings. The van der Waals surface area contributed by atoms with E-state index in [0.717, 1.165) is 26.9 Å². The number of methoxy groups -OCH3 is 1. The number of nitrogens with two attached hydrogens (primary N) is 1. The Hall–Kier alpha value is -1.92. The highest BCUT2D eigenvalue weighted by Gasteiger charge is 2.21. The van der Waals surface area contributed by atoms with E-state index in [1.807, 2.05) is 38.1 Å². The van der Waals surface area contributed by atoms with Gasteiger partial charge in [0.05, 0.1) is 29.8 Å². The van der Waals surface area contributed by atoms with Crippen LogP contribution in [-0.2, 0) is 4.79 Å². The molecule has 6 heteroatoms. The molecule has 0 bridgehead atoms. The molecule has 0 saturated heterocycles. The normalized spacial score (nSPS) is 13.6. The summed E-state index contributed by atoms with van der Waals surface area (Å²) in [5.41, 5.74) is 7.94. The molecule has 1 unspecified atom stereocenters. The summed E-state index contributed by atoms with van der Waals surface area (Å²) in [4.78, 5) is 18.0. The van der Waals surface area contributed by atoms with Crippen LogP contribution in [0.3, 0.4) is 0 Å². The van der Waals surface area contributed by atoms with Crippen molar-refractivity contribution in [1.82, 2.24) is 10.3 Å². The molecule has 1 amide bonds. The number of aromatic nitrogens is 1. The summed E-state index contributed by atoms with van der Waals surface area (Å²) in [7, 11) is 1.65. The van der Waals surface area contributed by atoms with E-state index in [0.29, 0.717) is 12.3 Å². The van der Waals surface area contributed by atoms with Crippen LogP contribution in [0, 0.1) is 12.8 Å². The van der Waals surface area contributed by atoms with E-state index < -0.39 is 6.04 Å². The third-order valence-corrected chi connectivity index (χ3v) is 5.37. The van der Waals surface area contributed by atoms with Crippen LogP contribution in [-0.4, -0.2) is 24.0 Å². The van der Waals surface area contributed by atoms with E-state index in [9.17, 15) is 4.79 Å². The minimum atomic E-state index is -0.475. The molecule has 1 aromatic carbocycles.